The summed E-state index contributed by atoms with van der Waals surface area (Å²) in [5.74, 6) is 2.10. The van der Waals surface area contributed by atoms with Gasteiger partial charge in [0, 0.05) is 19.4 Å². The summed E-state index contributed by atoms with van der Waals surface area (Å²) in [5, 5.41) is 6.86. The number of nitrogens with zero attached hydrogens (tertiary/aromatic N) is 2. The van der Waals surface area contributed by atoms with Gasteiger partial charge in [0.05, 0.1) is 0 Å². The highest BCUT2D eigenvalue weighted by Gasteiger charge is 2.21. The maximum atomic E-state index is 11.6. The number of rotatable bonds is 7. The second-order valence-electron chi connectivity index (χ2n) is 8.02. The van der Waals surface area contributed by atoms with Crippen LogP contribution in [0.2, 0.25) is 0 Å². The molecule has 1 aliphatic carbocycles. The predicted molar refractivity (Wildman–Crippen MR) is 93.7 cm³/mol. The molecule has 4 N–H and O–H groups in total. The second-order valence-corrected chi connectivity index (χ2v) is 8.02. The SMILES string of the molecule is CC(C)(C)OC(=O)NCCC[C@H]([NH3+])c1nc(CC2CCCCC2)no1. The molecule has 2 rings (SSSR count). The zero-order valence-corrected chi connectivity index (χ0v) is 15.8. The van der Waals surface area contributed by atoms with Crippen LogP contribution in [-0.2, 0) is 11.2 Å². The van der Waals surface area contributed by atoms with Crippen molar-refractivity contribution in [3.8, 4) is 0 Å². The van der Waals surface area contributed by atoms with Gasteiger partial charge in [0.1, 0.15) is 5.60 Å². The molecule has 1 atom stereocenters. The Bertz CT molecular complexity index is 533. The van der Waals surface area contributed by atoms with Crippen molar-refractivity contribution in [3.63, 3.8) is 0 Å². The van der Waals surface area contributed by atoms with Gasteiger partial charge in [-0.1, -0.05) is 37.3 Å². The first-order chi connectivity index (χ1) is 11.8. The molecule has 1 aromatic heterocycles. The fourth-order valence-electron chi connectivity index (χ4n) is 3.14. The summed E-state index contributed by atoms with van der Waals surface area (Å²) in [5.41, 5.74) is 3.63. The first-order valence-electron chi connectivity index (χ1n) is 9.46. The summed E-state index contributed by atoms with van der Waals surface area (Å²) in [6, 6.07) is -0.0481. The standard InChI is InChI=1S/C18H32N4O3/c1-18(2,3)24-17(23)20-11-7-10-14(19)16-21-15(22-25-16)12-13-8-5-4-6-9-13/h13-14H,4-12,19H2,1-3H3,(H,20,23)/p+1/t14-/m0/s1. The number of hydrogen-bond donors (Lipinski definition) is 2. The third-order valence-corrected chi connectivity index (χ3v) is 4.43. The minimum absolute atomic E-state index is 0.0481. The molecule has 1 aromatic rings. The van der Waals surface area contributed by atoms with E-state index in [1.165, 1.54) is 32.1 Å². The van der Waals surface area contributed by atoms with E-state index in [-0.39, 0.29) is 12.1 Å². The molecule has 7 nitrogen and oxygen atoms in total. The van der Waals surface area contributed by atoms with E-state index < -0.39 is 5.60 Å². The molecule has 1 heterocycles. The van der Waals surface area contributed by atoms with Gasteiger partial charge in [0.25, 0.3) is 5.89 Å². The van der Waals surface area contributed by atoms with Crippen molar-refractivity contribution in [3.05, 3.63) is 11.7 Å². The van der Waals surface area contributed by atoms with E-state index in [1.54, 1.807) is 0 Å². The van der Waals surface area contributed by atoms with Gasteiger partial charge in [-0.25, -0.2) is 4.79 Å². The number of quaternary nitrogens is 1. The Morgan fingerprint density at radius 2 is 2.08 bits per heavy atom. The van der Waals surface area contributed by atoms with Crippen molar-refractivity contribution in [2.24, 2.45) is 5.92 Å². The highest BCUT2D eigenvalue weighted by atomic mass is 16.6. The van der Waals surface area contributed by atoms with Gasteiger partial charge in [-0.2, -0.15) is 4.98 Å². The Kier molecular flexibility index (Phi) is 7.23. The third kappa shape index (κ3) is 7.42. The average Bonchev–Trinajstić information content (AvgIpc) is 2.99. The van der Waals surface area contributed by atoms with E-state index >= 15 is 0 Å². The van der Waals surface area contributed by atoms with Crippen LogP contribution in [0.1, 0.15) is 83.5 Å². The molecule has 142 valence electrons. The van der Waals surface area contributed by atoms with Gasteiger partial charge in [-0.05, 0) is 33.1 Å². The number of carbonyl (C=O) groups excluding carboxylic acids is 1. The summed E-state index contributed by atoms with van der Waals surface area (Å²) in [6.45, 7) is 6.08. The van der Waals surface area contributed by atoms with Crippen molar-refractivity contribution >= 4 is 6.09 Å². The molecule has 1 saturated carbocycles. The van der Waals surface area contributed by atoms with Crippen molar-refractivity contribution in [1.29, 1.82) is 0 Å². The lowest BCUT2D eigenvalue weighted by molar-refractivity contribution is -0.433. The molecule has 0 saturated heterocycles. The Balaban J connectivity index is 1.67. The Hall–Kier alpha value is -1.63. The molecule has 1 amide bonds. The molecule has 0 unspecified atom stereocenters. The highest BCUT2D eigenvalue weighted by molar-refractivity contribution is 5.67. The van der Waals surface area contributed by atoms with Crippen molar-refractivity contribution in [1.82, 2.24) is 15.5 Å². The smallest absolute Gasteiger partial charge is 0.407 e. The average molecular weight is 353 g/mol. The van der Waals surface area contributed by atoms with Crippen LogP contribution in [0.4, 0.5) is 4.79 Å². The first kappa shape index (κ1) is 19.7. The summed E-state index contributed by atoms with van der Waals surface area (Å²) >= 11 is 0. The molecular weight excluding hydrogens is 320 g/mol. The fraction of sp³-hybridized carbons (Fsp3) is 0.833. The summed E-state index contributed by atoms with van der Waals surface area (Å²) in [4.78, 5) is 16.1. The second kappa shape index (κ2) is 9.17. The Labute approximate surface area is 150 Å². The number of aromatic nitrogens is 2. The lowest BCUT2D eigenvalue weighted by Gasteiger charge is -2.19. The number of alkyl carbamates (subject to hydrolysis) is 1. The molecular formula is C18H33N4O3+. The van der Waals surface area contributed by atoms with Crippen LogP contribution in [0.5, 0.6) is 0 Å². The summed E-state index contributed by atoms with van der Waals surface area (Å²) in [6.07, 6.45) is 8.62. The predicted octanol–water partition coefficient (Wildman–Crippen LogP) is 2.78. The zero-order valence-electron chi connectivity index (χ0n) is 15.8. The minimum Gasteiger partial charge on any atom is -0.444 e. The third-order valence-electron chi connectivity index (χ3n) is 4.43. The van der Waals surface area contributed by atoms with E-state index in [0.29, 0.717) is 18.4 Å². The molecule has 25 heavy (non-hydrogen) atoms. The largest absolute Gasteiger partial charge is 0.444 e. The first-order valence-corrected chi connectivity index (χ1v) is 9.46. The van der Waals surface area contributed by atoms with Crippen molar-refractivity contribution < 1.29 is 19.8 Å². The lowest BCUT2D eigenvalue weighted by Crippen LogP contribution is -2.53. The van der Waals surface area contributed by atoms with Gasteiger partial charge in [-0.15, -0.1) is 0 Å². The zero-order chi connectivity index (χ0) is 18.3. The van der Waals surface area contributed by atoms with Crippen molar-refractivity contribution in [2.75, 3.05) is 6.54 Å². The quantitative estimate of drug-likeness (QED) is 0.733. The van der Waals surface area contributed by atoms with Crippen LogP contribution in [0.15, 0.2) is 4.52 Å². The van der Waals surface area contributed by atoms with Crippen LogP contribution < -0.4 is 11.1 Å². The molecule has 1 aliphatic rings. The molecule has 1 fully saturated rings. The van der Waals surface area contributed by atoms with Gasteiger partial charge in [0.15, 0.2) is 11.9 Å². The van der Waals surface area contributed by atoms with Crippen LogP contribution in [0.3, 0.4) is 0 Å². The maximum Gasteiger partial charge on any atom is 0.407 e. The summed E-state index contributed by atoms with van der Waals surface area (Å²) in [7, 11) is 0. The molecule has 0 aliphatic heterocycles. The molecule has 7 heteroatoms. The summed E-state index contributed by atoms with van der Waals surface area (Å²) < 4.78 is 10.6. The van der Waals surface area contributed by atoms with Gasteiger partial charge < -0.3 is 20.3 Å². The van der Waals surface area contributed by atoms with Crippen LogP contribution in [-0.4, -0.2) is 28.4 Å². The maximum absolute atomic E-state index is 11.6. The molecule has 0 spiro atoms. The molecule has 0 bridgehead atoms. The van der Waals surface area contributed by atoms with Gasteiger partial charge in [0.2, 0.25) is 0 Å². The highest BCUT2D eigenvalue weighted by Crippen LogP contribution is 2.26. The van der Waals surface area contributed by atoms with Crippen LogP contribution >= 0.6 is 0 Å². The Morgan fingerprint density at radius 3 is 2.76 bits per heavy atom. The van der Waals surface area contributed by atoms with E-state index in [9.17, 15) is 4.79 Å². The molecule has 0 radical (unpaired) electrons. The van der Waals surface area contributed by atoms with E-state index in [2.05, 4.69) is 21.2 Å². The molecule has 0 aromatic carbocycles. The van der Waals surface area contributed by atoms with Gasteiger partial charge in [-0.3, -0.25) is 0 Å². The normalized spacial score (nSPS) is 17.3. The fourth-order valence-corrected chi connectivity index (χ4v) is 3.14. The van der Waals surface area contributed by atoms with E-state index in [0.717, 1.165) is 25.1 Å². The van der Waals surface area contributed by atoms with Crippen LogP contribution in [0, 0.1) is 5.92 Å². The topological polar surface area (TPSA) is 105 Å². The van der Waals surface area contributed by atoms with Crippen LogP contribution in [0.25, 0.3) is 0 Å². The number of nitrogens with one attached hydrogen (secondary N) is 1. The van der Waals surface area contributed by atoms with Crippen molar-refractivity contribution in [2.45, 2.75) is 83.8 Å². The number of carbonyl (C=O) groups is 1. The number of ether oxygens (including phenoxy) is 1. The minimum atomic E-state index is -0.475. The monoisotopic (exact) mass is 353 g/mol. The number of amides is 1. The van der Waals surface area contributed by atoms with Gasteiger partial charge >= 0.3 is 6.09 Å². The number of hydrogen-bond acceptors (Lipinski definition) is 5. The lowest BCUT2D eigenvalue weighted by atomic mass is 9.87. The Morgan fingerprint density at radius 1 is 1.36 bits per heavy atom. The van der Waals surface area contributed by atoms with E-state index in [4.69, 9.17) is 9.26 Å². The van der Waals surface area contributed by atoms with E-state index in [1.807, 2.05) is 20.8 Å².